The van der Waals surface area contributed by atoms with Crippen molar-refractivity contribution >= 4 is 98.1 Å². The summed E-state index contributed by atoms with van der Waals surface area (Å²) >= 11 is 0. The highest BCUT2D eigenvalue weighted by Crippen LogP contribution is 2.51. The van der Waals surface area contributed by atoms with Crippen LogP contribution in [0.4, 0.5) is 0 Å². The maximum absolute atomic E-state index is 5.33. The molecule has 0 fully saturated rings. The lowest BCUT2D eigenvalue weighted by Crippen LogP contribution is -1.99. The molecule has 304 valence electrons. The normalized spacial score (nSPS) is 11.9. The van der Waals surface area contributed by atoms with Gasteiger partial charge in [-0.15, -0.1) is 0 Å². The third kappa shape index (κ3) is 5.84. The van der Waals surface area contributed by atoms with Crippen LogP contribution >= 0.6 is 0 Å². The molecule has 0 aliphatic heterocycles. The molecule has 0 bridgehead atoms. The van der Waals surface area contributed by atoms with Crippen LogP contribution in [0.25, 0.3) is 143 Å². The average molecular weight is 838 g/mol. The third-order valence-corrected chi connectivity index (χ3v) is 13.3. The maximum Gasteiger partial charge on any atom is 0.0793 e. The van der Waals surface area contributed by atoms with E-state index >= 15 is 0 Å². The molecule has 0 unspecified atom stereocenters. The van der Waals surface area contributed by atoms with E-state index in [1.165, 1.54) is 0 Å². The van der Waals surface area contributed by atoms with Gasteiger partial charge in [0.25, 0.3) is 0 Å². The Bertz CT molecular complexity index is 4090. The van der Waals surface area contributed by atoms with Gasteiger partial charge in [0.2, 0.25) is 0 Å². The van der Waals surface area contributed by atoms with Crippen LogP contribution in [0.15, 0.2) is 212 Å². The highest BCUT2D eigenvalue weighted by molar-refractivity contribution is 6.19. The number of rotatable bonds is 4. The Kier molecular flexibility index (Phi) is 7.91. The largest absolute Gasteiger partial charge is 0.256 e. The van der Waals surface area contributed by atoms with E-state index in [2.05, 4.69) is 182 Å². The molecule has 14 rings (SSSR count). The zero-order valence-corrected chi connectivity index (χ0v) is 35.4. The summed E-state index contributed by atoms with van der Waals surface area (Å²) in [5.74, 6) is 0. The van der Waals surface area contributed by atoms with Crippen LogP contribution in [0.3, 0.4) is 0 Å². The second-order valence-electron chi connectivity index (χ2n) is 17.3. The average Bonchev–Trinajstić information content (AvgIpc) is 3.37. The fourth-order valence-electron chi connectivity index (χ4n) is 10.2. The smallest absolute Gasteiger partial charge is 0.0793 e. The van der Waals surface area contributed by atoms with Crippen LogP contribution in [-0.4, -0.2) is 24.9 Å². The van der Waals surface area contributed by atoms with Crippen molar-refractivity contribution in [2.24, 2.45) is 0 Å². The standard InChI is InChI=1S/C61H35N5/c1-5-15-49-36(10-1)28-44-32-40(19-23-53(44)63-49)57-48-14-9-27-62-61(48)60(43-22-26-56-47(35-43)31-39-13-4-8-18-52(39)66-56)59(42-21-25-55-46(34-42)30-38-12-3-7-17-51(38)65-55)58(57)41-20-24-54-45(33-41)29-37-11-2-6-16-50(37)64-54/h1-35H. The van der Waals surface area contributed by atoms with E-state index in [0.29, 0.717) is 0 Å². The first-order valence-electron chi connectivity index (χ1n) is 22.3. The molecule has 0 aliphatic rings. The van der Waals surface area contributed by atoms with E-state index in [1.54, 1.807) is 0 Å². The number of hydrogen-bond donors (Lipinski definition) is 0. The number of para-hydroxylation sites is 4. The molecule has 5 heterocycles. The molecule has 9 aromatic carbocycles. The van der Waals surface area contributed by atoms with E-state index in [9.17, 15) is 0 Å². The molecule has 14 aromatic rings. The highest BCUT2D eigenvalue weighted by Gasteiger charge is 2.26. The van der Waals surface area contributed by atoms with Gasteiger partial charge in [0.1, 0.15) is 0 Å². The predicted molar refractivity (Wildman–Crippen MR) is 275 cm³/mol. The molecule has 0 saturated carbocycles. The van der Waals surface area contributed by atoms with Crippen molar-refractivity contribution in [1.82, 2.24) is 24.9 Å². The van der Waals surface area contributed by atoms with E-state index in [0.717, 1.165) is 143 Å². The SMILES string of the molecule is c1ccc2nc3ccc(-c4c(-c5ccc6nc7ccccc7cc6c5)c(-c5ccc6nc7ccccc7cc6c5)c5ncccc5c4-c4ccc5nc6ccccc6cc5c4)cc3cc2c1. The van der Waals surface area contributed by atoms with Crippen LogP contribution in [0.5, 0.6) is 0 Å². The van der Waals surface area contributed by atoms with Gasteiger partial charge >= 0.3 is 0 Å². The van der Waals surface area contributed by atoms with Crippen molar-refractivity contribution in [2.45, 2.75) is 0 Å². The first kappa shape index (κ1) is 36.5. The fourth-order valence-corrected chi connectivity index (χ4v) is 10.2. The molecule has 5 heteroatoms. The highest BCUT2D eigenvalue weighted by atomic mass is 14.7. The summed E-state index contributed by atoms with van der Waals surface area (Å²) < 4.78 is 0. The number of fused-ring (bicyclic) bond motifs is 9. The Morgan fingerprint density at radius 2 is 0.545 bits per heavy atom. The lowest BCUT2D eigenvalue weighted by atomic mass is 9.79. The minimum atomic E-state index is 0.918. The van der Waals surface area contributed by atoms with Gasteiger partial charge in [-0.1, -0.05) is 103 Å². The van der Waals surface area contributed by atoms with Crippen molar-refractivity contribution in [2.75, 3.05) is 0 Å². The van der Waals surface area contributed by atoms with Crippen molar-refractivity contribution < 1.29 is 0 Å². The second-order valence-corrected chi connectivity index (χ2v) is 17.3. The van der Waals surface area contributed by atoms with E-state index in [-0.39, 0.29) is 0 Å². The number of benzene rings is 9. The molecule has 0 saturated heterocycles. The molecule has 0 atom stereocenters. The monoisotopic (exact) mass is 837 g/mol. The zero-order chi connectivity index (χ0) is 43.3. The van der Waals surface area contributed by atoms with Gasteiger partial charge in [-0.25, -0.2) is 19.9 Å². The minimum Gasteiger partial charge on any atom is -0.256 e. The summed E-state index contributed by atoms with van der Waals surface area (Å²) in [4.78, 5) is 25.8. The van der Waals surface area contributed by atoms with Gasteiger partial charge in [-0.3, -0.25) is 4.98 Å². The fraction of sp³-hybridized carbons (Fsp3) is 0. The number of hydrogen-bond acceptors (Lipinski definition) is 5. The Morgan fingerprint density at radius 1 is 0.227 bits per heavy atom. The Morgan fingerprint density at radius 3 is 0.939 bits per heavy atom. The molecular weight excluding hydrogens is 803 g/mol. The van der Waals surface area contributed by atoms with Gasteiger partial charge in [0.15, 0.2) is 0 Å². The molecule has 0 spiro atoms. The summed E-state index contributed by atoms with van der Waals surface area (Å²) in [5, 5.41) is 9.76. The summed E-state index contributed by atoms with van der Waals surface area (Å²) in [6.45, 7) is 0. The molecule has 0 N–H and O–H groups in total. The van der Waals surface area contributed by atoms with Crippen LogP contribution in [0.2, 0.25) is 0 Å². The van der Waals surface area contributed by atoms with Gasteiger partial charge in [-0.05, 0) is 137 Å². The number of pyridine rings is 5. The van der Waals surface area contributed by atoms with Crippen LogP contribution in [-0.2, 0) is 0 Å². The van der Waals surface area contributed by atoms with Gasteiger partial charge < -0.3 is 0 Å². The van der Waals surface area contributed by atoms with E-state index < -0.39 is 0 Å². The van der Waals surface area contributed by atoms with Gasteiger partial charge in [0.05, 0.1) is 49.7 Å². The van der Waals surface area contributed by atoms with Crippen LogP contribution in [0.1, 0.15) is 0 Å². The molecule has 0 amide bonds. The maximum atomic E-state index is 5.33. The van der Waals surface area contributed by atoms with Crippen molar-refractivity contribution in [3.8, 4) is 44.5 Å². The van der Waals surface area contributed by atoms with Crippen molar-refractivity contribution in [1.29, 1.82) is 0 Å². The number of aromatic nitrogens is 5. The van der Waals surface area contributed by atoms with Crippen LogP contribution < -0.4 is 0 Å². The Hall–Kier alpha value is -8.93. The predicted octanol–water partition coefficient (Wildman–Crippen LogP) is 15.7. The van der Waals surface area contributed by atoms with Crippen LogP contribution in [0, 0.1) is 0 Å². The zero-order valence-electron chi connectivity index (χ0n) is 35.4. The van der Waals surface area contributed by atoms with E-state index in [4.69, 9.17) is 24.9 Å². The summed E-state index contributed by atoms with van der Waals surface area (Å²) in [6, 6.07) is 73.6. The van der Waals surface area contributed by atoms with Crippen molar-refractivity contribution in [3.05, 3.63) is 212 Å². The summed E-state index contributed by atoms with van der Waals surface area (Å²) in [7, 11) is 0. The second kappa shape index (κ2) is 14.3. The summed E-state index contributed by atoms with van der Waals surface area (Å²) in [5.41, 5.74) is 17.3. The Labute approximate surface area is 378 Å². The molecular formula is C61H35N5. The molecule has 0 radical (unpaired) electrons. The molecule has 66 heavy (non-hydrogen) atoms. The lowest BCUT2D eigenvalue weighted by molar-refractivity contribution is 1.41. The van der Waals surface area contributed by atoms with Gasteiger partial charge in [0, 0.05) is 65.8 Å². The molecule has 5 nitrogen and oxygen atoms in total. The molecule has 0 aliphatic carbocycles. The molecule has 5 aromatic heterocycles. The summed E-state index contributed by atoms with van der Waals surface area (Å²) in [6.07, 6.45) is 1.93. The minimum absolute atomic E-state index is 0.918. The topological polar surface area (TPSA) is 64.5 Å². The van der Waals surface area contributed by atoms with E-state index in [1.807, 2.05) is 30.5 Å². The number of nitrogens with zero attached hydrogens (tertiary/aromatic N) is 5. The van der Waals surface area contributed by atoms with Gasteiger partial charge in [-0.2, -0.15) is 0 Å². The van der Waals surface area contributed by atoms with Crippen molar-refractivity contribution in [3.63, 3.8) is 0 Å². The first-order valence-corrected chi connectivity index (χ1v) is 22.3. The lowest BCUT2D eigenvalue weighted by Gasteiger charge is -2.24. The third-order valence-electron chi connectivity index (χ3n) is 13.3. The quantitative estimate of drug-likeness (QED) is 0.165. The first-order chi connectivity index (χ1) is 32.6. The Balaban J connectivity index is 1.15.